The molecule has 6 heterocycles. The van der Waals surface area contributed by atoms with Gasteiger partial charge in [-0.3, -0.25) is 9.13 Å². The van der Waals surface area contributed by atoms with Gasteiger partial charge in [-0.15, -0.1) is 0 Å². The minimum Gasteiger partial charge on any atom is -0.331 e. The number of rotatable bonds is 8. The van der Waals surface area contributed by atoms with Crippen LogP contribution in [0.15, 0.2) is 275 Å². The van der Waals surface area contributed by atoms with Crippen LogP contribution >= 0.6 is 0 Å². The van der Waals surface area contributed by atoms with Crippen molar-refractivity contribution in [3.63, 3.8) is 0 Å². The van der Waals surface area contributed by atoms with Crippen LogP contribution in [0.25, 0.3) is 94.1 Å². The molecule has 10 aromatic carbocycles. The summed E-state index contributed by atoms with van der Waals surface area (Å²) in [5, 5.41) is 13.9. The molecule has 2 aliphatic heterocycles. The number of aromatic nitrogens is 6. The molecule has 12 heteroatoms. The van der Waals surface area contributed by atoms with Gasteiger partial charge in [0.1, 0.15) is 12.0 Å². The Morgan fingerprint density at radius 2 is 0.765 bits per heavy atom. The van der Waals surface area contributed by atoms with E-state index >= 15 is 0 Å². The summed E-state index contributed by atoms with van der Waals surface area (Å²) in [7, 11) is 0. The zero-order valence-corrected chi connectivity index (χ0v) is 43.4. The van der Waals surface area contributed by atoms with Gasteiger partial charge in [-0.2, -0.15) is 15.0 Å². The largest absolute Gasteiger partial charge is 0.331 e. The molecule has 0 fully saturated rings. The molecule has 2 aliphatic rings. The second kappa shape index (κ2) is 18.8. The second-order valence-corrected chi connectivity index (χ2v) is 20.2. The highest BCUT2D eigenvalue weighted by Gasteiger charge is 2.31. The SMILES string of the molecule is c1ccc(C2=NC(c3ccccc3)NC(n3c4ccccc4c4c5c6c7c8ccccc8n(C8N=C(c9ccccc9)N=C(c9ccccc9)N8)c7ccc6n(-c6nc(-c7ccccc7)nc(-c7ccccc7)n6)c5ccc43)=N2)cc1. The summed E-state index contributed by atoms with van der Waals surface area (Å²) in [6.07, 6.45) is -0.990. The van der Waals surface area contributed by atoms with E-state index < -0.39 is 12.5 Å². The zero-order valence-electron chi connectivity index (χ0n) is 43.4. The number of benzene rings is 10. The molecule has 0 radical (unpaired) electrons. The second-order valence-electron chi connectivity index (χ2n) is 20.2. The van der Waals surface area contributed by atoms with Gasteiger partial charge in [0.05, 0.1) is 33.1 Å². The van der Waals surface area contributed by atoms with Crippen LogP contribution in [0.2, 0.25) is 0 Å². The van der Waals surface area contributed by atoms with E-state index in [1.165, 1.54) is 0 Å². The van der Waals surface area contributed by atoms with Crippen LogP contribution in [0.4, 0.5) is 0 Å². The molecule has 2 N–H and O–H groups in total. The molecule has 0 amide bonds. The Balaban J connectivity index is 1.02. The first-order valence-electron chi connectivity index (χ1n) is 27.1. The van der Waals surface area contributed by atoms with Crippen molar-refractivity contribution in [1.82, 2.24) is 39.3 Å². The number of hydrogen-bond acceptors (Lipinski definition) is 9. The minimum absolute atomic E-state index is 0.408. The Morgan fingerprint density at radius 1 is 0.321 bits per heavy atom. The van der Waals surface area contributed by atoms with Crippen LogP contribution < -0.4 is 10.6 Å². The summed E-state index contributed by atoms with van der Waals surface area (Å²) in [6.45, 7) is 0. The first kappa shape index (κ1) is 46.0. The van der Waals surface area contributed by atoms with E-state index in [2.05, 4.69) is 158 Å². The molecule has 81 heavy (non-hydrogen) atoms. The number of fused-ring (bicyclic) bond motifs is 11. The highest BCUT2D eigenvalue weighted by atomic mass is 15.3. The Hall–Kier alpha value is -11.1. The van der Waals surface area contributed by atoms with Crippen molar-refractivity contribution >= 4 is 88.9 Å². The summed E-state index contributed by atoms with van der Waals surface area (Å²) in [4.78, 5) is 37.2. The van der Waals surface area contributed by atoms with Crippen LogP contribution in [0.3, 0.4) is 0 Å². The van der Waals surface area contributed by atoms with Crippen molar-refractivity contribution in [2.45, 2.75) is 12.5 Å². The molecule has 382 valence electrons. The lowest BCUT2D eigenvalue weighted by Crippen LogP contribution is -2.37. The monoisotopic (exact) mass is 1040 g/mol. The molecule has 0 saturated carbocycles. The van der Waals surface area contributed by atoms with Gasteiger partial charge in [-0.05, 0) is 42.0 Å². The average molecular weight is 1040 g/mol. The molecular weight excluding hydrogens is 997 g/mol. The van der Waals surface area contributed by atoms with Gasteiger partial charge in [0, 0.05) is 60.1 Å². The molecule has 0 bridgehead atoms. The van der Waals surface area contributed by atoms with Crippen LogP contribution in [-0.4, -0.2) is 52.1 Å². The van der Waals surface area contributed by atoms with Crippen molar-refractivity contribution in [2.24, 2.45) is 20.0 Å². The number of nitrogens with zero attached hydrogens (tertiary/aromatic N) is 10. The maximum absolute atomic E-state index is 5.46. The van der Waals surface area contributed by atoms with Crippen LogP contribution in [0.1, 0.15) is 34.7 Å². The van der Waals surface area contributed by atoms with Crippen molar-refractivity contribution in [2.75, 3.05) is 0 Å². The predicted molar refractivity (Wildman–Crippen MR) is 327 cm³/mol. The summed E-state index contributed by atoms with van der Waals surface area (Å²) in [5.74, 6) is 4.32. The Bertz CT molecular complexity index is 4850. The first-order valence-corrected chi connectivity index (χ1v) is 27.1. The number of hydrogen-bond donors (Lipinski definition) is 2. The Morgan fingerprint density at radius 3 is 1.35 bits per heavy atom. The number of aliphatic imine (C=N–C) groups is 4. The molecule has 2 unspecified atom stereocenters. The zero-order chi connectivity index (χ0) is 53.4. The highest BCUT2D eigenvalue weighted by Crippen LogP contribution is 2.47. The summed E-state index contributed by atoms with van der Waals surface area (Å²) < 4.78 is 6.83. The number of para-hydroxylation sites is 2. The molecule has 0 aliphatic carbocycles. The van der Waals surface area contributed by atoms with E-state index in [-0.39, 0.29) is 0 Å². The van der Waals surface area contributed by atoms with Gasteiger partial charge in [-0.1, -0.05) is 218 Å². The van der Waals surface area contributed by atoms with Gasteiger partial charge in [0.25, 0.3) is 0 Å². The Kier molecular flexibility index (Phi) is 10.7. The highest BCUT2D eigenvalue weighted by molar-refractivity contribution is 6.37. The summed E-state index contributed by atoms with van der Waals surface area (Å²) >= 11 is 0. The third kappa shape index (κ3) is 7.64. The van der Waals surface area contributed by atoms with Crippen molar-refractivity contribution in [3.8, 4) is 28.7 Å². The third-order valence-corrected chi connectivity index (χ3v) is 15.4. The van der Waals surface area contributed by atoms with E-state index in [1.54, 1.807) is 0 Å². The van der Waals surface area contributed by atoms with Crippen molar-refractivity contribution in [1.29, 1.82) is 0 Å². The molecule has 16 rings (SSSR count). The van der Waals surface area contributed by atoms with Crippen molar-refractivity contribution < 1.29 is 0 Å². The Labute approximate surface area is 464 Å². The van der Waals surface area contributed by atoms with Gasteiger partial charge >= 0.3 is 0 Å². The van der Waals surface area contributed by atoms with E-state index in [9.17, 15) is 0 Å². The summed E-state index contributed by atoms with van der Waals surface area (Å²) in [5.41, 5.74) is 11.4. The molecule has 4 aromatic heterocycles. The molecular formula is C69H46N12. The van der Waals surface area contributed by atoms with Crippen LogP contribution in [0, 0.1) is 0 Å². The molecule has 2 atom stereocenters. The average Bonchev–Trinajstić information content (AvgIpc) is 4.40. The molecule has 0 spiro atoms. The van der Waals surface area contributed by atoms with Gasteiger partial charge in [-0.25, -0.2) is 20.0 Å². The predicted octanol–water partition coefficient (Wildman–Crippen LogP) is 14.4. The lowest BCUT2D eigenvalue weighted by Gasteiger charge is -2.25. The quantitative estimate of drug-likeness (QED) is 0.157. The summed E-state index contributed by atoms with van der Waals surface area (Å²) in [6, 6.07) is 87.6. The van der Waals surface area contributed by atoms with Crippen LogP contribution in [0.5, 0.6) is 0 Å². The maximum atomic E-state index is 5.46. The normalized spacial score (nSPS) is 15.4. The fraction of sp³-hybridized carbons (Fsp3) is 0.0290. The van der Waals surface area contributed by atoms with Gasteiger partial charge in [0.15, 0.2) is 23.3 Å². The van der Waals surface area contributed by atoms with Gasteiger partial charge in [0.2, 0.25) is 18.2 Å². The van der Waals surface area contributed by atoms with Crippen LogP contribution in [-0.2, 0) is 0 Å². The van der Waals surface area contributed by atoms with E-state index in [4.69, 9.17) is 34.9 Å². The standard InChI is InChI=1S/C69H46N12/c1-7-23-43(24-8-1)61-70-62(44-25-9-2-10-26-44)74-67(73-61)79-51-37-21-19-35-49(51)57-53(79)39-41-55-59(57)60-56(81(55)69-77-65(47-31-15-5-16-32-47)72-66(78-69)48-33-17-6-18-34-48)42-40-54-58(60)50-36-20-22-38-52(50)80(54)68-75-63(45-27-11-3-12-28-45)71-64(76-68)46-29-13-4-14-30-46/h1-42,61,68H,(H,70,73,74)(H,71,75,76). The first-order chi connectivity index (χ1) is 40.2. The lowest BCUT2D eigenvalue weighted by atomic mass is 10.0. The fourth-order valence-corrected chi connectivity index (χ4v) is 11.8. The molecule has 14 aromatic rings. The molecule has 12 nitrogen and oxygen atoms in total. The minimum atomic E-state index is -0.582. The number of amidine groups is 3. The van der Waals surface area contributed by atoms with Crippen molar-refractivity contribution in [3.05, 3.63) is 277 Å². The van der Waals surface area contributed by atoms with E-state index in [0.717, 1.165) is 105 Å². The van der Waals surface area contributed by atoms with E-state index in [1.807, 2.05) is 121 Å². The van der Waals surface area contributed by atoms with Gasteiger partial charge < -0.3 is 15.2 Å². The fourth-order valence-electron chi connectivity index (χ4n) is 11.8. The van der Waals surface area contributed by atoms with E-state index in [0.29, 0.717) is 35.2 Å². The maximum Gasteiger partial charge on any atom is 0.238 e. The topological polar surface area (TPSA) is 127 Å². The lowest BCUT2D eigenvalue weighted by molar-refractivity contribution is 0.516. The smallest absolute Gasteiger partial charge is 0.238 e. The third-order valence-electron chi connectivity index (χ3n) is 15.4. The molecule has 0 saturated heterocycles. The number of nitrogens with one attached hydrogen (secondary N) is 2.